The molecule has 14 heavy (non-hydrogen) atoms. The smallest absolute Gasteiger partial charge is 0.115 e. The van der Waals surface area contributed by atoms with Gasteiger partial charge in [-0.15, -0.1) is 0 Å². The van der Waals surface area contributed by atoms with Gasteiger partial charge in [0, 0.05) is 0 Å². The molecule has 0 amide bonds. The first-order chi connectivity index (χ1) is 6.79. The average Bonchev–Trinajstić information content (AvgIpc) is 2.21. The molecule has 0 saturated heterocycles. The molecule has 78 valence electrons. The molecule has 0 unspecified atom stereocenters. The topological polar surface area (TPSA) is 20.2 Å². The fraction of sp³-hybridized carbons (Fsp3) is 0.538. The van der Waals surface area contributed by atoms with E-state index in [9.17, 15) is 0 Å². The molecule has 0 spiro atoms. The maximum absolute atomic E-state index is 8.81. The van der Waals surface area contributed by atoms with Crippen molar-refractivity contribution in [2.75, 3.05) is 0 Å². The number of phenols is 1. The van der Waals surface area contributed by atoms with Crippen molar-refractivity contribution in [3.8, 4) is 5.75 Å². The summed E-state index contributed by atoms with van der Waals surface area (Å²) >= 11 is 0. The van der Waals surface area contributed by atoms with Crippen molar-refractivity contribution in [3.63, 3.8) is 0 Å². The van der Waals surface area contributed by atoms with Gasteiger partial charge in [-0.3, -0.25) is 0 Å². The zero-order valence-electron chi connectivity index (χ0n) is 9.00. The van der Waals surface area contributed by atoms with Crippen molar-refractivity contribution in [3.05, 3.63) is 29.8 Å². The van der Waals surface area contributed by atoms with E-state index in [2.05, 4.69) is 0 Å². The molecule has 1 aliphatic rings. The Kier molecular flexibility index (Phi) is 5.13. The summed E-state index contributed by atoms with van der Waals surface area (Å²) in [4.78, 5) is 0. The number of hydrogen-bond donors (Lipinski definition) is 1. The number of benzene rings is 1. The van der Waals surface area contributed by atoms with Crippen molar-refractivity contribution in [1.29, 1.82) is 0 Å². The average molecular weight is 192 g/mol. The third-order valence-corrected chi connectivity index (χ3v) is 2.50. The molecular formula is C13H20O. The number of rotatable bonds is 0. The highest BCUT2D eigenvalue weighted by Gasteiger charge is 1.95. The van der Waals surface area contributed by atoms with Gasteiger partial charge in [0.15, 0.2) is 0 Å². The lowest BCUT2D eigenvalue weighted by atomic mass is 10.0. The van der Waals surface area contributed by atoms with Crippen LogP contribution in [-0.4, -0.2) is 5.11 Å². The fourth-order valence-electron chi connectivity index (χ4n) is 1.69. The molecule has 1 N–H and O–H groups in total. The zero-order valence-corrected chi connectivity index (χ0v) is 9.00. The molecule has 2 rings (SSSR count). The third kappa shape index (κ3) is 4.90. The summed E-state index contributed by atoms with van der Waals surface area (Å²) in [6.45, 7) is 1.94. The molecule has 1 aromatic carbocycles. The van der Waals surface area contributed by atoms with Crippen LogP contribution in [0.2, 0.25) is 0 Å². The van der Waals surface area contributed by atoms with E-state index < -0.39 is 0 Å². The Balaban J connectivity index is 0.000000146. The highest BCUT2D eigenvalue weighted by molar-refractivity contribution is 5.25. The van der Waals surface area contributed by atoms with Crippen molar-refractivity contribution in [2.24, 2.45) is 0 Å². The Morgan fingerprint density at radius 2 is 1.43 bits per heavy atom. The minimum Gasteiger partial charge on any atom is -0.508 e. The van der Waals surface area contributed by atoms with E-state index in [0.29, 0.717) is 5.75 Å². The van der Waals surface area contributed by atoms with E-state index in [1.807, 2.05) is 19.1 Å². The van der Waals surface area contributed by atoms with E-state index in [1.165, 1.54) is 38.5 Å². The van der Waals surface area contributed by atoms with Crippen LogP contribution in [0, 0.1) is 6.92 Å². The highest BCUT2D eigenvalue weighted by Crippen LogP contribution is 2.15. The van der Waals surface area contributed by atoms with Crippen LogP contribution < -0.4 is 0 Å². The van der Waals surface area contributed by atoms with Crippen molar-refractivity contribution in [1.82, 2.24) is 0 Å². The molecule has 1 fully saturated rings. The van der Waals surface area contributed by atoms with Gasteiger partial charge in [-0.25, -0.2) is 0 Å². The van der Waals surface area contributed by atoms with Gasteiger partial charge >= 0.3 is 0 Å². The molecule has 0 radical (unpaired) electrons. The largest absolute Gasteiger partial charge is 0.508 e. The summed E-state index contributed by atoms with van der Waals surface area (Å²) in [6, 6.07) is 7.15. The third-order valence-electron chi connectivity index (χ3n) is 2.50. The summed E-state index contributed by atoms with van der Waals surface area (Å²) in [5.41, 5.74) is 1.09. The second kappa shape index (κ2) is 6.47. The molecule has 0 atom stereocenters. The highest BCUT2D eigenvalue weighted by atomic mass is 16.3. The van der Waals surface area contributed by atoms with Crippen LogP contribution in [0.4, 0.5) is 0 Å². The summed E-state index contributed by atoms with van der Waals surface area (Å²) in [6.07, 6.45) is 9.00. The van der Waals surface area contributed by atoms with Gasteiger partial charge in [0.05, 0.1) is 0 Å². The molecule has 1 heteroatoms. The minimum atomic E-state index is 0.338. The standard InChI is InChI=1S/C7H8O.C6H12/c1-6-3-2-4-7(8)5-6;1-2-4-6-5-3-1/h2-5,8H,1H3;1-6H2. The maximum Gasteiger partial charge on any atom is 0.115 e. The number of phenolic OH excluding ortho intramolecular Hbond substituents is 1. The van der Waals surface area contributed by atoms with E-state index in [1.54, 1.807) is 12.1 Å². The Morgan fingerprint density at radius 3 is 1.71 bits per heavy atom. The van der Waals surface area contributed by atoms with Gasteiger partial charge in [-0.1, -0.05) is 50.7 Å². The summed E-state index contributed by atoms with van der Waals surface area (Å²) in [5.74, 6) is 0.338. The maximum atomic E-state index is 8.81. The SMILES string of the molecule is C1CCCCC1.Cc1cccc(O)c1. The lowest BCUT2D eigenvalue weighted by molar-refractivity contribution is 0.475. The summed E-state index contributed by atoms with van der Waals surface area (Å²) in [5, 5.41) is 8.81. The molecular weight excluding hydrogens is 172 g/mol. The Hall–Kier alpha value is -0.980. The van der Waals surface area contributed by atoms with Gasteiger partial charge in [-0.2, -0.15) is 0 Å². The van der Waals surface area contributed by atoms with Gasteiger partial charge in [0.2, 0.25) is 0 Å². The van der Waals surface area contributed by atoms with E-state index in [4.69, 9.17) is 5.11 Å². The lowest BCUT2D eigenvalue weighted by Gasteiger charge is -2.05. The van der Waals surface area contributed by atoms with Crippen molar-refractivity contribution >= 4 is 0 Å². The number of aromatic hydroxyl groups is 1. The molecule has 0 aromatic heterocycles. The van der Waals surface area contributed by atoms with Crippen LogP contribution in [0.25, 0.3) is 0 Å². The van der Waals surface area contributed by atoms with Crippen LogP contribution >= 0.6 is 0 Å². The quantitative estimate of drug-likeness (QED) is 0.657. The monoisotopic (exact) mass is 192 g/mol. The van der Waals surface area contributed by atoms with Crippen molar-refractivity contribution < 1.29 is 5.11 Å². The Bertz CT molecular complexity index is 222. The first kappa shape index (κ1) is 11.1. The molecule has 1 aliphatic carbocycles. The fourth-order valence-corrected chi connectivity index (χ4v) is 1.69. The number of hydrogen-bond acceptors (Lipinski definition) is 1. The molecule has 0 bridgehead atoms. The van der Waals surface area contributed by atoms with Crippen LogP contribution in [0.15, 0.2) is 24.3 Å². The van der Waals surface area contributed by atoms with Gasteiger partial charge in [0.25, 0.3) is 0 Å². The van der Waals surface area contributed by atoms with E-state index in [-0.39, 0.29) is 0 Å². The Labute approximate surface area is 86.8 Å². The van der Waals surface area contributed by atoms with Crippen LogP contribution in [0.5, 0.6) is 5.75 Å². The molecule has 1 saturated carbocycles. The summed E-state index contributed by atoms with van der Waals surface area (Å²) < 4.78 is 0. The molecule has 1 nitrogen and oxygen atoms in total. The first-order valence-electron chi connectivity index (χ1n) is 5.54. The second-order valence-electron chi connectivity index (χ2n) is 3.96. The normalized spacial score (nSPS) is 15.5. The van der Waals surface area contributed by atoms with Crippen molar-refractivity contribution in [2.45, 2.75) is 45.4 Å². The van der Waals surface area contributed by atoms with Gasteiger partial charge in [0.1, 0.15) is 5.75 Å². The van der Waals surface area contributed by atoms with Gasteiger partial charge in [-0.05, 0) is 24.6 Å². The second-order valence-corrected chi connectivity index (χ2v) is 3.96. The van der Waals surface area contributed by atoms with Crippen LogP contribution in [0.1, 0.15) is 44.1 Å². The predicted molar refractivity (Wildman–Crippen MR) is 60.5 cm³/mol. The number of aryl methyl sites for hydroxylation is 1. The van der Waals surface area contributed by atoms with Gasteiger partial charge < -0.3 is 5.11 Å². The van der Waals surface area contributed by atoms with E-state index >= 15 is 0 Å². The predicted octanol–water partition coefficient (Wildman–Crippen LogP) is 4.04. The van der Waals surface area contributed by atoms with Crippen LogP contribution in [0.3, 0.4) is 0 Å². The molecule has 0 heterocycles. The Morgan fingerprint density at radius 1 is 0.929 bits per heavy atom. The van der Waals surface area contributed by atoms with E-state index in [0.717, 1.165) is 5.56 Å². The lowest BCUT2D eigenvalue weighted by Crippen LogP contribution is -1.85. The minimum absolute atomic E-state index is 0.338. The molecule has 1 aromatic rings. The summed E-state index contributed by atoms with van der Waals surface area (Å²) in [7, 11) is 0. The van der Waals surface area contributed by atoms with Crippen LogP contribution in [-0.2, 0) is 0 Å². The first-order valence-corrected chi connectivity index (χ1v) is 5.54. The zero-order chi connectivity index (χ0) is 10.2. The molecule has 0 aliphatic heterocycles.